The lowest BCUT2D eigenvalue weighted by atomic mass is 10.3. The van der Waals surface area contributed by atoms with Gasteiger partial charge in [0, 0.05) is 38.2 Å². The van der Waals surface area contributed by atoms with Crippen molar-refractivity contribution in [2.45, 2.75) is 26.2 Å². The molecule has 4 nitrogen and oxygen atoms in total. The first-order chi connectivity index (χ1) is 6.86. The molecule has 14 heavy (non-hydrogen) atoms. The lowest BCUT2D eigenvalue weighted by Gasteiger charge is -1.99. The molecule has 1 aromatic rings. The number of aromatic nitrogens is 2. The van der Waals surface area contributed by atoms with E-state index in [4.69, 9.17) is 4.74 Å². The van der Waals surface area contributed by atoms with Crippen molar-refractivity contribution in [3.63, 3.8) is 0 Å². The molecule has 0 bridgehead atoms. The van der Waals surface area contributed by atoms with Gasteiger partial charge in [-0.25, -0.2) is 4.98 Å². The molecule has 0 saturated heterocycles. The Hall–Kier alpha value is -0.680. The van der Waals surface area contributed by atoms with Gasteiger partial charge >= 0.3 is 0 Å². The normalized spacial score (nSPS) is 10.4. The zero-order valence-corrected chi connectivity index (χ0v) is 9.56. The van der Waals surface area contributed by atoms with E-state index in [0.717, 1.165) is 43.4 Å². The molecule has 0 unspecified atom stereocenters. The van der Waals surface area contributed by atoms with Crippen LogP contribution < -0.4 is 5.32 Å². The van der Waals surface area contributed by atoms with Gasteiger partial charge < -0.3 is 10.1 Å². The number of aryl methyl sites for hydroxylation is 1. The smallest absolute Gasteiger partial charge is 0.202 e. The molecule has 1 N–H and O–H groups in total. The van der Waals surface area contributed by atoms with Crippen LogP contribution in [0.15, 0.2) is 0 Å². The van der Waals surface area contributed by atoms with Crippen LogP contribution in [0.3, 0.4) is 0 Å². The monoisotopic (exact) mass is 215 g/mol. The summed E-state index contributed by atoms with van der Waals surface area (Å²) in [4.78, 5) is 4.35. The minimum absolute atomic E-state index is 0.785. The Morgan fingerprint density at radius 3 is 3.07 bits per heavy atom. The lowest BCUT2D eigenvalue weighted by Crippen LogP contribution is -2.04. The van der Waals surface area contributed by atoms with Crippen LogP contribution in [0.5, 0.6) is 0 Å². The average molecular weight is 215 g/mol. The van der Waals surface area contributed by atoms with Crippen molar-refractivity contribution in [2.75, 3.05) is 25.6 Å². The standard InChI is InChI=1S/C9H17N3OS/c1-3-5-8-11-9(14-12-8)10-6-4-7-13-2/h3-7H2,1-2H3,(H,10,11,12). The first kappa shape index (κ1) is 11.4. The molecule has 0 radical (unpaired) electrons. The fraction of sp³-hybridized carbons (Fsp3) is 0.778. The van der Waals surface area contributed by atoms with Gasteiger partial charge in [-0.3, -0.25) is 0 Å². The van der Waals surface area contributed by atoms with Gasteiger partial charge in [0.05, 0.1) is 0 Å². The first-order valence-corrected chi connectivity index (χ1v) is 5.69. The second-order valence-corrected chi connectivity index (χ2v) is 3.79. The topological polar surface area (TPSA) is 47.0 Å². The highest BCUT2D eigenvalue weighted by molar-refractivity contribution is 7.09. The van der Waals surface area contributed by atoms with Gasteiger partial charge in [0.1, 0.15) is 5.82 Å². The second-order valence-electron chi connectivity index (χ2n) is 3.04. The van der Waals surface area contributed by atoms with Crippen molar-refractivity contribution in [1.82, 2.24) is 9.36 Å². The van der Waals surface area contributed by atoms with E-state index in [1.807, 2.05) is 0 Å². The van der Waals surface area contributed by atoms with Crippen LogP contribution in [0.25, 0.3) is 0 Å². The van der Waals surface area contributed by atoms with E-state index in [-0.39, 0.29) is 0 Å². The summed E-state index contributed by atoms with van der Waals surface area (Å²) in [6, 6.07) is 0. The molecule has 0 amide bonds. The fourth-order valence-corrected chi connectivity index (χ4v) is 1.70. The summed E-state index contributed by atoms with van der Waals surface area (Å²) in [5.41, 5.74) is 0. The van der Waals surface area contributed by atoms with Crippen LogP contribution in [0.4, 0.5) is 5.13 Å². The van der Waals surface area contributed by atoms with Crippen molar-refractivity contribution >= 4 is 16.7 Å². The highest BCUT2D eigenvalue weighted by Gasteiger charge is 2.01. The van der Waals surface area contributed by atoms with Crippen LogP contribution >= 0.6 is 11.5 Å². The number of ether oxygens (including phenoxy) is 1. The molecule has 0 atom stereocenters. The number of methoxy groups -OCH3 is 1. The summed E-state index contributed by atoms with van der Waals surface area (Å²) >= 11 is 1.43. The Morgan fingerprint density at radius 1 is 1.50 bits per heavy atom. The maximum atomic E-state index is 4.95. The van der Waals surface area contributed by atoms with Crippen molar-refractivity contribution in [3.05, 3.63) is 5.82 Å². The number of anilines is 1. The zero-order chi connectivity index (χ0) is 10.2. The van der Waals surface area contributed by atoms with Gasteiger partial charge in [0.2, 0.25) is 5.13 Å². The first-order valence-electron chi connectivity index (χ1n) is 4.92. The quantitative estimate of drug-likeness (QED) is 0.706. The minimum atomic E-state index is 0.785. The molecule has 1 rings (SSSR count). The molecule has 1 heterocycles. The maximum Gasteiger partial charge on any atom is 0.202 e. The Bertz CT molecular complexity index is 252. The van der Waals surface area contributed by atoms with E-state index in [1.165, 1.54) is 11.5 Å². The molecule has 0 saturated carbocycles. The zero-order valence-electron chi connectivity index (χ0n) is 8.75. The highest BCUT2D eigenvalue weighted by atomic mass is 32.1. The molecule has 80 valence electrons. The van der Waals surface area contributed by atoms with E-state index in [2.05, 4.69) is 21.6 Å². The number of nitrogens with one attached hydrogen (secondary N) is 1. The number of hydrogen-bond acceptors (Lipinski definition) is 5. The van der Waals surface area contributed by atoms with Crippen LogP contribution in [-0.2, 0) is 11.2 Å². The predicted molar refractivity (Wildman–Crippen MR) is 58.9 cm³/mol. The van der Waals surface area contributed by atoms with Crippen molar-refractivity contribution < 1.29 is 4.74 Å². The van der Waals surface area contributed by atoms with Crippen molar-refractivity contribution in [2.24, 2.45) is 0 Å². The summed E-state index contributed by atoms with van der Waals surface area (Å²) in [6.45, 7) is 3.81. The minimum Gasteiger partial charge on any atom is -0.385 e. The summed E-state index contributed by atoms with van der Waals surface area (Å²) in [5.74, 6) is 0.951. The molecule has 0 aromatic carbocycles. The third-order valence-corrected chi connectivity index (χ3v) is 2.45. The molecule has 0 aliphatic heterocycles. The van der Waals surface area contributed by atoms with Crippen molar-refractivity contribution in [1.29, 1.82) is 0 Å². The van der Waals surface area contributed by atoms with Gasteiger partial charge in [-0.1, -0.05) is 6.92 Å². The maximum absolute atomic E-state index is 4.95. The van der Waals surface area contributed by atoms with Crippen molar-refractivity contribution in [3.8, 4) is 0 Å². The van der Waals surface area contributed by atoms with E-state index in [9.17, 15) is 0 Å². The number of hydrogen-bond donors (Lipinski definition) is 1. The number of nitrogens with zero attached hydrogens (tertiary/aromatic N) is 2. The molecule has 0 fully saturated rings. The van der Waals surface area contributed by atoms with E-state index >= 15 is 0 Å². The second kappa shape index (κ2) is 6.73. The lowest BCUT2D eigenvalue weighted by molar-refractivity contribution is 0.198. The summed E-state index contributed by atoms with van der Waals surface area (Å²) in [7, 11) is 1.71. The largest absolute Gasteiger partial charge is 0.385 e. The third-order valence-electron chi connectivity index (χ3n) is 1.74. The molecular weight excluding hydrogens is 198 g/mol. The Kier molecular flexibility index (Phi) is 5.47. The van der Waals surface area contributed by atoms with Gasteiger partial charge in [-0.05, 0) is 12.8 Å². The van der Waals surface area contributed by atoms with Crippen LogP contribution in [-0.4, -0.2) is 29.6 Å². The Balaban J connectivity index is 2.22. The SMILES string of the molecule is CCCc1nsc(NCCCOC)n1. The van der Waals surface area contributed by atoms with Gasteiger partial charge in [-0.2, -0.15) is 4.37 Å². The molecule has 0 aliphatic rings. The molecular formula is C9H17N3OS. The molecule has 1 aromatic heterocycles. The van der Waals surface area contributed by atoms with E-state index in [0.29, 0.717) is 0 Å². The van der Waals surface area contributed by atoms with Gasteiger partial charge in [-0.15, -0.1) is 0 Å². The van der Waals surface area contributed by atoms with Crippen LogP contribution in [0, 0.1) is 0 Å². The van der Waals surface area contributed by atoms with Crippen LogP contribution in [0.2, 0.25) is 0 Å². The Morgan fingerprint density at radius 2 is 2.36 bits per heavy atom. The van der Waals surface area contributed by atoms with E-state index in [1.54, 1.807) is 7.11 Å². The summed E-state index contributed by atoms with van der Waals surface area (Å²) < 4.78 is 9.19. The van der Waals surface area contributed by atoms with Gasteiger partial charge in [0.25, 0.3) is 0 Å². The molecule has 0 aliphatic carbocycles. The Labute approximate surface area is 88.9 Å². The molecule has 0 spiro atoms. The van der Waals surface area contributed by atoms with Crippen LogP contribution in [0.1, 0.15) is 25.6 Å². The summed E-state index contributed by atoms with van der Waals surface area (Å²) in [6.07, 6.45) is 3.06. The summed E-state index contributed by atoms with van der Waals surface area (Å²) in [5, 5.41) is 4.14. The fourth-order valence-electron chi connectivity index (χ4n) is 1.06. The number of rotatable bonds is 7. The molecule has 5 heteroatoms. The highest BCUT2D eigenvalue weighted by Crippen LogP contribution is 2.11. The third kappa shape index (κ3) is 4.02. The predicted octanol–water partition coefficient (Wildman–Crippen LogP) is 1.94. The van der Waals surface area contributed by atoms with E-state index < -0.39 is 0 Å². The average Bonchev–Trinajstić information content (AvgIpc) is 2.61. The van der Waals surface area contributed by atoms with Gasteiger partial charge in [0.15, 0.2) is 0 Å².